The van der Waals surface area contributed by atoms with Crippen molar-refractivity contribution >= 4 is 27.7 Å². The molecule has 51 heavy (non-hydrogen) atoms. The molecule has 4 aromatic rings. The Hall–Kier alpha value is -4.51. The number of ether oxygens (including phenoxy) is 1. The van der Waals surface area contributed by atoms with Gasteiger partial charge in [0.05, 0.1) is 28.9 Å². The molecule has 1 atom stereocenters. The van der Waals surface area contributed by atoms with E-state index in [1.54, 1.807) is 17.0 Å². The number of sulfonamides is 1. The van der Waals surface area contributed by atoms with Crippen LogP contribution >= 0.6 is 0 Å². The standard InChI is InChI=1S/C40H52N6O4S/c1-25(2)20-29-15-11-14-27(5)35(29)36-28(6)37-43-39(42-36)44-51(48,49)33-18-12-16-30(21-33)38(47)46(32(24-50-37)22-40(7,8)9)23-31-17-13-19-34(41-31)45(10)26(3)4/h11-19,21,25-26,32H,20,22-24H2,1-10H3,(H,42,43,44)/t32-/m1/s1. The van der Waals surface area contributed by atoms with E-state index in [1.165, 1.54) is 12.1 Å². The van der Waals surface area contributed by atoms with Gasteiger partial charge in [0.1, 0.15) is 12.4 Å². The largest absolute Gasteiger partial charge is 0.475 e. The number of carbonyl (C=O) groups excluding carboxylic acids is 1. The molecule has 0 aliphatic carbocycles. The average molecular weight is 713 g/mol. The number of aryl methyl sites for hydroxylation is 1. The number of nitrogens with one attached hydrogen (secondary N) is 1. The lowest BCUT2D eigenvalue weighted by Gasteiger charge is -2.36. The van der Waals surface area contributed by atoms with Crippen LogP contribution in [0.2, 0.25) is 0 Å². The number of amides is 1. The molecule has 0 radical (unpaired) electrons. The van der Waals surface area contributed by atoms with Gasteiger partial charge in [0, 0.05) is 29.8 Å². The van der Waals surface area contributed by atoms with E-state index in [2.05, 4.69) is 69.1 Å². The molecule has 0 fully saturated rings. The predicted molar refractivity (Wildman–Crippen MR) is 204 cm³/mol. The number of nitrogens with zero attached hydrogens (tertiary/aromatic N) is 5. The van der Waals surface area contributed by atoms with E-state index in [0.717, 1.165) is 28.9 Å². The third-order valence-electron chi connectivity index (χ3n) is 9.16. The van der Waals surface area contributed by atoms with Crippen molar-refractivity contribution in [2.75, 3.05) is 23.3 Å². The minimum atomic E-state index is -4.19. The second kappa shape index (κ2) is 15.0. The Labute approximate surface area is 303 Å². The van der Waals surface area contributed by atoms with Gasteiger partial charge in [-0.05, 0) is 93.3 Å². The van der Waals surface area contributed by atoms with Gasteiger partial charge in [-0.15, -0.1) is 0 Å². The summed E-state index contributed by atoms with van der Waals surface area (Å²) in [4.78, 5) is 32.8. The van der Waals surface area contributed by atoms with Crippen LogP contribution in [0.15, 0.2) is 65.6 Å². The van der Waals surface area contributed by atoms with Gasteiger partial charge in [-0.3, -0.25) is 4.79 Å². The summed E-state index contributed by atoms with van der Waals surface area (Å²) in [6.45, 7) is 19.2. The number of anilines is 2. The maximum absolute atomic E-state index is 14.6. The summed E-state index contributed by atoms with van der Waals surface area (Å²) in [5, 5.41) is 0. The number of benzene rings is 2. The first-order valence-corrected chi connectivity index (χ1v) is 19.1. The number of carbonyl (C=O) groups is 1. The van der Waals surface area contributed by atoms with Crippen molar-refractivity contribution in [2.24, 2.45) is 11.3 Å². The fourth-order valence-electron chi connectivity index (χ4n) is 6.44. The van der Waals surface area contributed by atoms with Crippen LogP contribution in [0.1, 0.15) is 87.6 Å². The van der Waals surface area contributed by atoms with E-state index in [9.17, 15) is 13.2 Å². The van der Waals surface area contributed by atoms with Crippen LogP contribution in [0, 0.1) is 25.2 Å². The Morgan fingerprint density at radius 2 is 1.69 bits per heavy atom. The highest BCUT2D eigenvalue weighted by Gasteiger charge is 2.32. The van der Waals surface area contributed by atoms with Gasteiger partial charge in [-0.2, -0.15) is 4.98 Å². The zero-order chi connectivity index (χ0) is 37.2. The van der Waals surface area contributed by atoms with E-state index in [1.807, 2.05) is 51.2 Å². The fourth-order valence-corrected chi connectivity index (χ4v) is 7.43. The van der Waals surface area contributed by atoms with Gasteiger partial charge >= 0.3 is 0 Å². The van der Waals surface area contributed by atoms with Crippen LogP contribution in [-0.2, 0) is 23.0 Å². The summed E-state index contributed by atoms with van der Waals surface area (Å²) < 4.78 is 37.0. The predicted octanol–water partition coefficient (Wildman–Crippen LogP) is 7.84. The van der Waals surface area contributed by atoms with Crippen LogP contribution in [0.4, 0.5) is 11.8 Å². The number of hydrogen-bond acceptors (Lipinski definition) is 8. The lowest BCUT2D eigenvalue weighted by atomic mass is 9.87. The Bertz CT molecular complexity index is 2000. The van der Waals surface area contributed by atoms with Gasteiger partial charge < -0.3 is 14.5 Å². The average Bonchev–Trinajstić information content (AvgIpc) is 3.05. The molecule has 1 amide bonds. The van der Waals surface area contributed by atoms with E-state index in [-0.39, 0.29) is 52.8 Å². The molecule has 272 valence electrons. The second-order valence-corrected chi connectivity index (χ2v) is 17.2. The monoisotopic (exact) mass is 712 g/mol. The van der Waals surface area contributed by atoms with Crippen molar-refractivity contribution in [3.05, 3.63) is 88.6 Å². The van der Waals surface area contributed by atoms with Gasteiger partial charge in [-0.25, -0.2) is 23.1 Å². The van der Waals surface area contributed by atoms with Gasteiger partial charge in [0.15, 0.2) is 0 Å². The van der Waals surface area contributed by atoms with Crippen LogP contribution in [0.5, 0.6) is 5.88 Å². The molecule has 1 aliphatic heterocycles. The third-order valence-corrected chi connectivity index (χ3v) is 10.5. The molecule has 10 nitrogen and oxygen atoms in total. The van der Waals surface area contributed by atoms with E-state index in [0.29, 0.717) is 29.3 Å². The molecule has 0 spiro atoms. The molecule has 2 aromatic heterocycles. The van der Waals surface area contributed by atoms with Crippen molar-refractivity contribution in [1.29, 1.82) is 0 Å². The molecule has 1 aliphatic rings. The summed E-state index contributed by atoms with van der Waals surface area (Å²) in [5.74, 6) is 1.03. The Morgan fingerprint density at radius 3 is 2.37 bits per heavy atom. The highest BCUT2D eigenvalue weighted by Crippen LogP contribution is 2.36. The lowest BCUT2D eigenvalue weighted by Crippen LogP contribution is -2.45. The van der Waals surface area contributed by atoms with Crippen molar-refractivity contribution in [3.63, 3.8) is 0 Å². The fraction of sp³-hybridized carbons (Fsp3) is 0.450. The number of rotatable bonds is 8. The normalized spacial score (nSPS) is 16.2. The van der Waals surface area contributed by atoms with Crippen LogP contribution in [-0.4, -0.2) is 59.9 Å². The minimum absolute atomic E-state index is 0.0665. The molecule has 11 heteroatoms. The maximum Gasteiger partial charge on any atom is 0.264 e. The summed E-state index contributed by atoms with van der Waals surface area (Å²) >= 11 is 0. The number of pyridine rings is 1. The van der Waals surface area contributed by atoms with Crippen molar-refractivity contribution in [3.8, 4) is 17.1 Å². The third kappa shape index (κ3) is 8.87. The lowest BCUT2D eigenvalue weighted by molar-refractivity contribution is 0.0508. The summed E-state index contributed by atoms with van der Waals surface area (Å²) in [6, 6.07) is 17.9. The van der Waals surface area contributed by atoms with Crippen molar-refractivity contribution in [2.45, 2.75) is 98.7 Å². The molecule has 0 saturated heterocycles. The van der Waals surface area contributed by atoms with Gasteiger partial charge in [-0.1, -0.05) is 65.0 Å². The topological polar surface area (TPSA) is 118 Å². The van der Waals surface area contributed by atoms with Crippen molar-refractivity contribution in [1.82, 2.24) is 19.9 Å². The van der Waals surface area contributed by atoms with Crippen molar-refractivity contribution < 1.29 is 17.9 Å². The first-order valence-electron chi connectivity index (χ1n) is 17.7. The molecule has 4 bridgehead atoms. The maximum atomic E-state index is 14.6. The molecule has 0 saturated carbocycles. The summed E-state index contributed by atoms with van der Waals surface area (Å²) in [7, 11) is -2.20. The zero-order valence-corrected chi connectivity index (χ0v) is 32.4. The first kappa shape index (κ1) is 37.7. The molecule has 2 aromatic carbocycles. The molecule has 3 heterocycles. The Kier molecular flexibility index (Phi) is 11.1. The molecular weight excluding hydrogens is 661 g/mol. The van der Waals surface area contributed by atoms with Crippen LogP contribution < -0.4 is 14.4 Å². The molecular formula is C40H52N6O4S. The number of fused-ring (bicyclic) bond motifs is 4. The second-order valence-electron chi connectivity index (χ2n) is 15.5. The Morgan fingerprint density at radius 1 is 0.980 bits per heavy atom. The highest BCUT2D eigenvalue weighted by atomic mass is 32.2. The number of hydrogen-bond donors (Lipinski definition) is 1. The van der Waals surface area contributed by atoms with Gasteiger partial charge in [0.25, 0.3) is 15.9 Å². The van der Waals surface area contributed by atoms with E-state index < -0.39 is 16.1 Å². The minimum Gasteiger partial charge on any atom is -0.475 e. The van der Waals surface area contributed by atoms with E-state index >= 15 is 0 Å². The van der Waals surface area contributed by atoms with Gasteiger partial charge in [0.2, 0.25) is 11.8 Å². The Balaban J connectivity index is 1.70. The van der Waals surface area contributed by atoms with E-state index in [4.69, 9.17) is 14.7 Å². The van der Waals surface area contributed by atoms with Crippen LogP contribution in [0.25, 0.3) is 11.3 Å². The molecule has 0 unspecified atom stereocenters. The summed E-state index contributed by atoms with van der Waals surface area (Å²) in [6.07, 6.45) is 1.41. The zero-order valence-electron chi connectivity index (χ0n) is 31.6. The summed E-state index contributed by atoms with van der Waals surface area (Å²) in [5.41, 5.74) is 5.11. The highest BCUT2D eigenvalue weighted by molar-refractivity contribution is 7.92. The molecule has 5 rings (SSSR count). The SMILES string of the molecule is Cc1cccc(CC(C)C)c1-c1nc2nc(c1C)OC[C@@H](CC(C)(C)C)N(Cc1cccc(N(C)C(C)C)n1)C(=O)c1cccc(c1)S(=O)(=O)N2. The molecule has 1 N–H and O–H groups in total. The first-order chi connectivity index (χ1) is 23.9. The van der Waals surface area contributed by atoms with Crippen LogP contribution in [0.3, 0.4) is 0 Å². The number of aromatic nitrogens is 3. The smallest absolute Gasteiger partial charge is 0.264 e. The quantitative estimate of drug-likeness (QED) is 0.196.